The number of hydrogen-bond acceptors (Lipinski definition) is 7. The SMILES string of the molecule is CC.CC(C)(C)OC(N)=O.CC1CCCCC1.COc1ccc(F)cc1C(=O)c1cnc(C)nc1N. The summed E-state index contributed by atoms with van der Waals surface area (Å²) < 4.78 is 22.9. The number of carbonyl (C=O) groups excluding carboxylic acids is 2. The Morgan fingerprint density at radius 1 is 1.08 bits per heavy atom. The number of nitrogen functional groups attached to an aromatic ring is 1. The van der Waals surface area contributed by atoms with Crippen LogP contribution in [0.4, 0.5) is 15.0 Å². The van der Waals surface area contributed by atoms with Gasteiger partial charge in [0.2, 0.25) is 5.78 Å². The van der Waals surface area contributed by atoms with Crippen LogP contribution in [0.3, 0.4) is 0 Å². The lowest BCUT2D eigenvalue weighted by atomic mass is 9.91. The summed E-state index contributed by atoms with van der Waals surface area (Å²) in [6.07, 6.45) is 8.04. The number of carbonyl (C=O) groups is 2. The van der Waals surface area contributed by atoms with Gasteiger partial charge in [0.15, 0.2) is 0 Å². The molecule has 9 heteroatoms. The van der Waals surface area contributed by atoms with Crippen LogP contribution in [0.5, 0.6) is 5.75 Å². The van der Waals surface area contributed by atoms with Crippen molar-refractivity contribution in [2.45, 2.75) is 86.2 Å². The molecular formula is C27H43FN4O4. The number of hydrogen-bond donors (Lipinski definition) is 2. The van der Waals surface area contributed by atoms with Crippen LogP contribution in [0, 0.1) is 18.7 Å². The Bertz CT molecular complexity index is 955. The lowest BCUT2D eigenvalue weighted by Gasteiger charge is -2.16. The third-order valence-electron chi connectivity index (χ3n) is 4.89. The minimum Gasteiger partial charge on any atom is -0.496 e. The molecule has 2 aromatic rings. The molecule has 1 aliphatic carbocycles. The minimum absolute atomic E-state index is 0.0591. The van der Waals surface area contributed by atoms with E-state index in [0.29, 0.717) is 5.82 Å². The molecule has 1 aromatic heterocycles. The van der Waals surface area contributed by atoms with Crippen molar-refractivity contribution >= 4 is 17.7 Å². The van der Waals surface area contributed by atoms with Crippen molar-refractivity contribution in [1.82, 2.24) is 9.97 Å². The average molecular weight is 507 g/mol. The number of nitrogens with two attached hydrogens (primary N) is 2. The summed E-state index contributed by atoms with van der Waals surface area (Å²) in [6.45, 7) is 13.3. The fourth-order valence-electron chi connectivity index (χ4n) is 3.27. The maximum absolute atomic E-state index is 13.3. The number of primary amides is 1. The molecule has 0 spiro atoms. The van der Waals surface area contributed by atoms with Crippen LogP contribution < -0.4 is 16.2 Å². The van der Waals surface area contributed by atoms with Gasteiger partial charge < -0.3 is 20.9 Å². The van der Waals surface area contributed by atoms with Crippen molar-refractivity contribution in [3.63, 3.8) is 0 Å². The zero-order valence-corrected chi connectivity index (χ0v) is 23.0. The quantitative estimate of drug-likeness (QED) is 0.471. The first-order chi connectivity index (χ1) is 16.8. The van der Waals surface area contributed by atoms with E-state index in [0.717, 1.165) is 12.0 Å². The molecule has 0 radical (unpaired) electrons. The first kappa shape index (κ1) is 32.8. The maximum Gasteiger partial charge on any atom is 0.405 e. The van der Waals surface area contributed by atoms with E-state index in [-0.39, 0.29) is 22.7 Å². The maximum atomic E-state index is 13.3. The van der Waals surface area contributed by atoms with Gasteiger partial charge in [-0.3, -0.25) is 4.79 Å². The summed E-state index contributed by atoms with van der Waals surface area (Å²) in [5.74, 6) is 0.814. The molecule has 1 saturated carbocycles. The summed E-state index contributed by atoms with van der Waals surface area (Å²) in [4.78, 5) is 30.1. The molecule has 8 nitrogen and oxygen atoms in total. The van der Waals surface area contributed by atoms with Crippen molar-refractivity contribution in [2.75, 3.05) is 12.8 Å². The van der Waals surface area contributed by atoms with Crippen molar-refractivity contribution in [1.29, 1.82) is 0 Å². The largest absolute Gasteiger partial charge is 0.496 e. The summed E-state index contributed by atoms with van der Waals surface area (Å²) in [6, 6.07) is 3.69. The molecule has 1 fully saturated rings. The van der Waals surface area contributed by atoms with Crippen LogP contribution in [-0.4, -0.2) is 34.6 Å². The molecule has 36 heavy (non-hydrogen) atoms. The molecule has 1 heterocycles. The second-order valence-corrected chi connectivity index (χ2v) is 9.17. The molecule has 202 valence electrons. The highest BCUT2D eigenvalue weighted by Gasteiger charge is 2.19. The summed E-state index contributed by atoms with van der Waals surface area (Å²) in [5.41, 5.74) is 10.2. The van der Waals surface area contributed by atoms with E-state index in [1.54, 1.807) is 27.7 Å². The Balaban J connectivity index is 0.000000594. The van der Waals surface area contributed by atoms with Crippen molar-refractivity contribution in [2.24, 2.45) is 11.7 Å². The van der Waals surface area contributed by atoms with E-state index < -0.39 is 23.3 Å². The zero-order chi connectivity index (χ0) is 27.9. The third kappa shape index (κ3) is 13.0. The molecule has 0 bridgehead atoms. The van der Waals surface area contributed by atoms with Crippen molar-refractivity contribution in [3.8, 4) is 5.75 Å². The van der Waals surface area contributed by atoms with Crippen LogP contribution in [-0.2, 0) is 4.74 Å². The van der Waals surface area contributed by atoms with Gasteiger partial charge in [-0.15, -0.1) is 0 Å². The predicted octanol–water partition coefficient (Wildman–Crippen LogP) is 6.24. The molecule has 1 aliphatic rings. The highest BCUT2D eigenvalue weighted by atomic mass is 19.1. The molecule has 3 rings (SSSR count). The smallest absolute Gasteiger partial charge is 0.405 e. The summed E-state index contributed by atoms with van der Waals surface area (Å²) in [7, 11) is 1.40. The minimum atomic E-state index is -0.725. The van der Waals surface area contributed by atoms with Crippen LogP contribution in [0.2, 0.25) is 0 Å². The molecule has 0 unspecified atom stereocenters. The molecule has 1 amide bonds. The van der Waals surface area contributed by atoms with E-state index >= 15 is 0 Å². The Morgan fingerprint density at radius 3 is 2.06 bits per heavy atom. The van der Waals surface area contributed by atoms with E-state index in [2.05, 4.69) is 21.6 Å². The third-order valence-corrected chi connectivity index (χ3v) is 4.89. The number of aromatic nitrogens is 2. The predicted molar refractivity (Wildman–Crippen MR) is 142 cm³/mol. The van der Waals surface area contributed by atoms with Gasteiger partial charge in [-0.2, -0.15) is 0 Å². The number of rotatable bonds is 3. The van der Waals surface area contributed by atoms with Gasteiger partial charge in [-0.05, 0) is 51.8 Å². The Hall–Kier alpha value is -3.23. The van der Waals surface area contributed by atoms with Crippen molar-refractivity contribution in [3.05, 3.63) is 47.2 Å². The number of methoxy groups -OCH3 is 1. The fraction of sp³-hybridized carbons (Fsp3) is 0.556. The highest BCUT2D eigenvalue weighted by Crippen LogP contribution is 2.24. The lowest BCUT2D eigenvalue weighted by molar-refractivity contribution is 0.0600. The van der Waals surface area contributed by atoms with Gasteiger partial charge in [-0.1, -0.05) is 52.9 Å². The lowest BCUT2D eigenvalue weighted by Crippen LogP contribution is -2.27. The molecule has 4 N–H and O–H groups in total. The van der Waals surface area contributed by atoms with Crippen LogP contribution in [0.1, 0.15) is 95.4 Å². The number of anilines is 1. The standard InChI is InChI=1S/C13H12FN3O2.C7H14.C5H11NO2.C2H6/c1-7-16-6-10(13(15)17-7)12(18)9-5-8(14)3-4-11(9)19-2;1-7-5-3-2-4-6-7;1-5(2,3)8-4(6)7;1-2/h3-6H,1-2H3,(H2,15,16,17);7H,2-6H2,1H3;1-3H3,(H2,6,7);1-2H3. The van der Waals surface area contributed by atoms with Crippen LogP contribution in [0.25, 0.3) is 0 Å². The molecular weight excluding hydrogens is 463 g/mol. The van der Waals surface area contributed by atoms with Gasteiger partial charge in [-0.25, -0.2) is 19.2 Å². The molecule has 1 aromatic carbocycles. The Kier molecular flexibility index (Phi) is 15.0. The number of benzene rings is 1. The number of ketones is 1. The second-order valence-electron chi connectivity index (χ2n) is 9.17. The van der Waals surface area contributed by atoms with Gasteiger partial charge in [0.1, 0.15) is 28.8 Å². The van der Waals surface area contributed by atoms with Crippen LogP contribution >= 0.6 is 0 Å². The van der Waals surface area contributed by atoms with E-state index in [1.807, 2.05) is 13.8 Å². The summed E-state index contributed by atoms with van der Waals surface area (Å²) in [5, 5.41) is 0. The van der Waals surface area contributed by atoms with Gasteiger partial charge in [0, 0.05) is 6.20 Å². The molecule has 0 saturated heterocycles. The van der Waals surface area contributed by atoms with E-state index in [9.17, 15) is 14.0 Å². The number of halogens is 1. The Morgan fingerprint density at radius 2 is 1.67 bits per heavy atom. The first-order valence-corrected chi connectivity index (χ1v) is 12.3. The normalized spacial score (nSPS) is 12.9. The average Bonchev–Trinajstić information content (AvgIpc) is 2.80. The van der Waals surface area contributed by atoms with Gasteiger partial charge in [0.25, 0.3) is 0 Å². The zero-order valence-electron chi connectivity index (χ0n) is 23.0. The number of aryl methyl sites for hydroxylation is 1. The number of amides is 1. The topological polar surface area (TPSA) is 130 Å². The summed E-state index contributed by atoms with van der Waals surface area (Å²) >= 11 is 0. The second kappa shape index (κ2) is 16.4. The van der Waals surface area contributed by atoms with Gasteiger partial charge in [0.05, 0.1) is 18.2 Å². The monoisotopic (exact) mass is 506 g/mol. The van der Waals surface area contributed by atoms with Gasteiger partial charge >= 0.3 is 6.09 Å². The van der Waals surface area contributed by atoms with E-state index in [4.69, 9.17) is 16.2 Å². The highest BCUT2D eigenvalue weighted by molar-refractivity contribution is 6.13. The van der Waals surface area contributed by atoms with Crippen molar-refractivity contribution < 1.29 is 23.5 Å². The van der Waals surface area contributed by atoms with E-state index in [1.165, 1.54) is 57.5 Å². The number of ether oxygens (including phenoxy) is 2. The molecule has 0 atom stereocenters. The molecule has 0 aliphatic heterocycles. The first-order valence-electron chi connectivity index (χ1n) is 12.3. The fourth-order valence-corrected chi connectivity index (χ4v) is 3.27. The van der Waals surface area contributed by atoms with Crippen LogP contribution in [0.15, 0.2) is 24.4 Å². The number of nitrogens with zero attached hydrogens (tertiary/aromatic N) is 2. The Labute approximate surface area is 215 Å².